The molecule has 1 aromatic carbocycles. The van der Waals surface area contributed by atoms with Crippen molar-refractivity contribution in [3.05, 3.63) is 53.3 Å². The number of benzene rings is 1. The molecule has 2 aromatic heterocycles. The normalized spacial score (nSPS) is 28.6. The summed E-state index contributed by atoms with van der Waals surface area (Å²) in [4.78, 5) is 70.9. The van der Waals surface area contributed by atoms with Crippen LogP contribution in [0.1, 0.15) is 85.2 Å². The molecule has 0 radical (unpaired) electrons. The van der Waals surface area contributed by atoms with E-state index >= 15 is 0 Å². The molecule has 1 aliphatic carbocycles. The number of carbonyl (C=O) groups is 4. The smallest absolute Gasteiger partial charge is 0.283 e. The Hall–Kier alpha value is -5.64. The first kappa shape index (κ1) is 41.4. The number of halogens is 2. The van der Waals surface area contributed by atoms with Gasteiger partial charge in [0.2, 0.25) is 17.7 Å². The maximum atomic E-state index is 14.3. The lowest BCUT2D eigenvalue weighted by atomic mass is 9.80. The van der Waals surface area contributed by atoms with Crippen LogP contribution in [-0.2, 0) is 23.9 Å². The summed E-state index contributed by atoms with van der Waals surface area (Å²) in [5, 5.41) is 9.27. The van der Waals surface area contributed by atoms with E-state index in [1.807, 2.05) is 24.3 Å². The molecule has 2 N–H and O–H groups in total. The number of hydrogen-bond donors (Lipinski definition) is 2. The Labute approximate surface area is 362 Å². The van der Waals surface area contributed by atoms with Gasteiger partial charge in [0.15, 0.2) is 11.5 Å². The fourth-order valence-corrected chi connectivity index (χ4v) is 10.6. The van der Waals surface area contributed by atoms with Gasteiger partial charge < -0.3 is 29.5 Å². The third-order valence-corrected chi connectivity index (χ3v) is 14.0. The Balaban J connectivity index is 0.680. The van der Waals surface area contributed by atoms with Crippen molar-refractivity contribution in [2.24, 2.45) is 27.7 Å². The summed E-state index contributed by atoms with van der Waals surface area (Å²) in [6.45, 7) is 4.46. The summed E-state index contributed by atoms with van der Waals surface area (Å²) < 4.78 is 41.9. The zero-order chi connectivity index (χ0) is 43.4. The largest absolute Gasteiger partial charge is 0.374 e. The molecule has 18 heteroatoms. The summed E-state index contributed by atoms with van der Waals surface area (Å²) in [5.74, 6) is 4.62. The Kier molecular flexibility index (Phi) is 11.3. The number of alkyl halides is 2. The predicted molar refractivity (Wildman–Crippen MR) is 227 cm³/mol. The molecule has 6 aliphatic heterocycles. The number of imide groups is 1. The van der Waals surface area contributed by atoms with E-state index in [9.17, 15) is 28.0 Å². The Bertz CT molecular complexity index is 2450. The first-order chi connectivity index (χ1) is 30.6. The first-order valence-electron chi connectivity index (χ1n) is 22.1. The lowest BCUT2D eigenvalue weighted by Gasteiger charge is -2.36. The van der Waals surface area contributed by atoms with Crippen molar-refractivity contribution in [2.75, 3.05) is 56.2 Å². The number of ether oxygens (including phenoxy) is 2. The molecule has 16 nitrogen and oxygen atoms in total. The molecule has 3 unspecified atom stereocenters. The van der Waals surface area contributed by atoms with E-state index in [1.54, 1.807) is 18.1 Å². The topological polar surface area (TPSA) is 175 Å². The van der Waals surface area contributed by atoms with Crippen molar-refractivity contribution in [3.8, 4) is 11.8 Å². The second-order valence-electron chi connectivity index (χ2n) is 17.9. The zero-order valence-electron chi connectivity index (χ0n) is 35.0. The molecule has 0 spiro atoms. The van der Waals surface area contributed by atoms with Crippen LogP contribution in [0.15, 0.2) is 46.6 Å². The number of morpholine rings is 1. The first-order valence-corrected chi connectivity index (χ1v) is 22.1. The minimum Gasteiger partial charge on any atom is -0.374 e. The Morgan fingerprint density at radius 3 is 2.63 bits per heavy atom. The van der Waals surface area contributed by atoms with Gasteiger partial charge in [-0.05, 0) is 87.1 Å². The number of likely N-dealkylation sites (N-methyl/N-ethyl adjacent to an activating group) is 1. The van der Waals surface area contributed by atoms with Gasteiger partial charge in [-0.1, -0.05) is 11.8 Å². The number of carbonyl (C=O) groups excluding carboxylic acids is 4. The molecule has 5 atom stereocenters. The van der Waals surface area contributed by atoms with Crippen LogP contribution in [0.25, 0.3) is 5.65 Å². The summed E-state index contributed by atoms with van der Waals surface area (Å²) in [6.07, 6.45) is 6.70. The van der Waals surface area contributed by atoms with Gasteiger partial charge in [-0.25, -0.2) is 23.3 Å². The molecule has 2 bridgehead atoms. The minimum atomic E-state index is -2.88. The highest BCUT2D eigenvalue weighted by Gasteiger charge is 2.45. The number of aliphatic imine (C=N–C) groups is 2. The highest BCUT2D eigenvalue weighted by atomic mass is 19.3. The molecule has 3 aromatic rings. The fourth-order valence-electron chi connectivity index (χ4n) is 10.6. The average Bonchev–Trinajstić information content (AvgIpc) is 4.13. The van der Waals surface area contributed by atoms with Gasteiger partial charge in [-0.2, -0.15) is 5.10 Å². The van der Waals surface area contributed by atoms with Crippen LogP contribution >= 0.6 is 0 Å². The van der Waals surface area contributed by atoms with Crippen LogP contribution in [0.3, 0.4) is 0 Å². The van der Waals surface area contributed by atoms with Crippen molar-refractivity contribution in [1.82, 2.24) is 30.1 Å². The van der Waals surface area contributed by atoms with E-state index in [0.717, 1.165) is 93.8 Å². The van der Waals surface area contributed by atoms with E-state index in [4.69, 9.17) is 14.5 Å². The highest BCUT2D eigenvalue weighted by molar-refractivity contribution is 6.46. The van der Waals surface area contributed by atoms with Crippen LogP contribution < -0.4 is 20.4 Å². The van der Waals surface area contributed by atoms with Crippen LogP contribution in [0, 0.1) is 29.6 Å². The van der Waals surface area contributed by atoms with Crippen molar-refractivity contribution in [3.63, 3.8) is 0 Å². The fraction of sp³-hybridized carbons (Fsp3) is 0.556. The molecule has 8 heterocycles. The lowest BCUT2D eigenvalue weighted by Crippen LogP contribution is -2.44. The number of nitrogens with zero attached hydrogens (tertiary/aromatic N) is 8. The van der Waals surface area contributed by atoms with Crippen LogP contribution in [0.2, 0.25) is 0 Å². The van der Waals surface area contributed by atoms with Gasteiger partial charge in [-0.3, -0.25) is 29.5 Å². The van der Waals surface area contributed by atoms with E-state index in [2.05, 4.69) is 47.4 Å². The van der Waals surface area contributed by atoms with Crippen LogP contribution in [0.5, 0.6) is 0 Å². The number of anilines is 2. The number of nitrogens with one attached hydrogen (secondary N) is 2. The van der Waals surface area contributed by atoms with Gasteiger partial charge in [0, 0.05) is 63.0 Å². The second kappa shape index (κ2) is 17.1. The zero-order valence-corrected chi connectivity index (χ0v) is 35.0. The Morgan fingerprint density at radius 1 is 1.06 bits per heavy atom. The summed E-state index contributed by atoms with van der Waals surface area (Å²) in [7, 11) is 1.70. The average molecular weight is 865 g/mol. The lowest BCUT2D eigenvalue weighted by molar-refractivity contribution is -0.139. The molecule has 4 saturated heterocycles. The van der Waals surface area contributed by atoms with Crippen LogP contribution in [0.4, 0.5) is 20.3 Å². The van der Waals surface area contributed by atoms with Gasteiger partial charge in [0.25, 0.3) is 12.3 Å². The predicted octanol–water partition coefficient (Wildman–Crippen LogP) is 3.33. The summed E-state index contributed by atoms with van der Waals surface area (Å²) >= 11 is 0. The quantitative estimate of drug-likeness (QED) is 0.240. The molecule has 4 amide bonds. The number of likely N-dealkylation sites (tertiary alicyclic amines) is 1. The molecule has 330 valence electrons. The van der Waals surface area contributed by atoms with Crippen molar-refractivity contribution < 1.29 is 37.4 Å². The van der Waals surface area contributed by atoms with Crippen molar-refractivity contribution in [1.29, 1.82) is 0 Å². The van der Waals surface area contributed by atoms with Crippen molar-refractivity contribution in [2.45, 2.75) is 94.5 Å². The van der Waals surface area contributed by atoms with E-state index in [1.165, 1.54) is 10.7 Å². The van der Waals surface area contributed by atoms with E-state index < -0.39 is 42.0 Å². The number of rotatable bonds is 9. The minimum absolute atomic E-state index is 0.0121. The maximum Gasteiger partial charge on any atom is 0.283 e. The number of hydrogen-bond acceptors (Lipinski definition) is 12. The third kappa shape index (κ3) is 8.22. The third-order valence-electron chi connectivity index (χ3n) is 14.0. The monoisotopic (exact) mass is 864 g/mol. The van der Waals surface area contributed by atoms with Crippen molar-refractivity contribution >= 4 is 52.3 Å². The molecule has 1 saturated carbocycles. The molecule has 10 rings (SSSR count). The van der Waals surface area contributed by atoms with Gasteiger partial charge >= 0.3 is 0 Å². The standard InChI is InChI=1S/C45H50F2N10O6/c1-54-34-10-6-25(19-32(34)37(45(54)61)31-9-11-36(58)50-43(31)59)3-2-18-62-29-12-15-55(16-13-29)22-26-4-7-27(8-5-26)40-51-38(39(46)47)41(52-40)53-44(60)33-21-48-57-17-14-35(49-42(33)57)56-23-30-20-28(56)24-63-30/h6,10,14,17,19,21,26-31,37,39-40H,4-5,7-9,11-13,15-16,18,20,22-24H2,1H3,(H,50,58,59)(H,52,53,60)/t26-,27-,28-,30-,31?,37?,40?/m1/s1. The Morgan fingerprint density at radius 2 is 1.89 bits per heavy atom. The van der Waals surface area contributed by atoms with Gasteiger partial charge in [0.1, 0.15) is 29.9 Å². The number of aromatic nitrogens is 3. The van der Waals surface area contributed by atoms with E-state index in [0.29, 0.717) is 24.6 Å². The molecule has 7 aliphatic rings. The number of amidine groups is 1. The molecule has 5 fully saturated rings. The SMILES string of the molecule is CN1C(=O)C(C2CCC(=O)NC2=O)c2cc(C#CCOC3CCN(C[C@H]4CC[C@H](C5N=C(NC(=O)c6cnn7ccc(N8C[C@H]9C[C@@H]8CO9)nc67)C(C(F)F)=N5)CC4)CC3)ccc21. The second-order valence-corrected chi connectivity index (χ2v) is 17.9. The van der Waals surface area contributed by atoms with Crippen LogP contribution in [-0.4, -0.2) is 132 Å². The summed E-state index contributed by atoms with van der Waals surface area (Å²) in [6, 6.07) is 7.70. The highest BCUT2D eigenvalue weighted by Crippen LogP contribution is 2.43. The number of amides is 4. The maximum absolute atomic E-state index is 14.3. The van der Waals surface area contributed by atoms with E-state index in [-0.39, 0.29) is 60.4 Å². The van der Waals surface area contributed by atoms with Gasteiger partial charge in [0.05, 0.1) is 42.9 Å². The summed E-state index contributed by atoms with van der Waals surface area (Å²) in [5.41, 5.74) is 2.27. The molecular formula is C45H50F2N10O6. The number of piperidine rings is 2. The molecular weight excluding hydrogens is 815 g/mol. The molecule has 63 heavy (non-hydrogen) atoms. The van der Waals surface area contributed by atoms with Gasteiger partial charge in [-0.15, -0.1) is 0 Å². The number of fused-ring (bicyclic) bond motifs is 4.